The van der Waals surface area contributed by atoms with Gasteiger partial charge in [0.15, 0.2) is 0 Å². The van der Waals surface area contributed by atoms with E-state index in [4.69, 9.17) is 10.00 Å². The lowest BCUT2D eigenvalue weighted by molar-refractivity contribution is 0.312. The van der Waals surface area contributed by atoms with E-state index in [1.54, 1.807) is 11.3 Å². The Balaban J connectivity index is 1.75. The fraction of sp³-hybridized carbons (Fsp3) is 0.312. The maximum atomic E-state index is 8.47. The number of hydrogen-bond donors (Lipinski definition) is 1. The van der Waals surface area contributed by atoms with Gasteiger partial charge in [0.1, 0.15) is 5.75 Å². The molecule has 0 spiro atoms. The van der Waals surface area contributed by atoms with E-state index in [-0.39, 0.29) is 0 Å². The number of thiophene rings is 1. The predicted octanol–water partition coefficient (Wildman–Crippen LogP) is 3.72. The lowest BCUT2D eigenvalue weighted by Gasteiger charge is -2.08. The highest BCUT2D eigenvalue weighted by molar-refractivity contribution is 7.09. The molecule has 1 heterocycles. The smallest absolute Gasteiger partial charge is 0.119 e. The van der Waals surface area contributed by atoms with Crippen LogP contribution in [-0.4, -0.2) is 6.61 Å². The summed E-state index contributed by atoms with van der Waals surface area (Å²) >= 11 is 1.76. The molecule has 0 aliphatic heterocycles. The van der Waals surface area contributed by atoms with Gasteiger partial charge in [-0.2, -0.15) is 5.26 Å². The summed E-state index contributed by atoms with van der Waals surface area (Å²) in [4.78, 5) is 1.34. The van der Waals surface area contributed by atoms with Crippen LogP contribution in [0.15, 0.2) is 41.8 Å². The SMILES string of the molecule is N#CCCCOc1cccc(CNCc2cccs2)c1. The normalized spacial score (nSPS) is 10.2. The van der Waals surface area contributed by atoms with Crippen molar-refractivity contribution in [3.8, 4) is 11.8 Å². The number of nitriles is 1. The van der Waals surface area contributed by atoms with E-state index in [0.717, 1.165) is 25.3 Å². The Morgan fingerprint density at radius 2 is 2.15 bits per heavy atom. The summed E-state index contributed by atoms with van der Waals surface area (Å²) in [6, 6.07) is 14.4. The van der Waals surface area contributed by atoms with Crippen molar-refractivity contribution < 1.29 is 4.74 Å². The molecule has 1 N–H and O–H groups in total. The number of hydrogen-bond acceptors (Lipinski definition) is 4. The molecule has 0 aliphatic rings. The molecule has 104 valence electrons. The van der Waals surface area contributed by atoms with Gasteiger partial charge >= 0.3 is 0 Å². The molecular weight excluding hydrogens is 268 g/mol. The first-order valence-corrected chi connectivity index (χ1v) is 7.58. The molecule has 3 nitrogen and oxygen atoms in total. The Labute approximate surface area is 123 Å². The largest absolute Gasteiger partial charge is 0.494 e. The monoisotopic (exact) mass is 286 g/mol. The van der Waals surface area contributed by atoms with Crippen LogP contribution >= 0.6 is 11.3 Å². The average Bonchev–Trinajstić information content (AvgIpc) is 2.97. The van der Waals surface area contributed by atoms with Crippen LogP contribution in [-0.2, 0) is 13.1 Å². The molecule has 2 aromatic rings. The molecule has 0 saturated heterocycles. The number of ether oxygens (including phenoxy) is 1. The van der Waals surface area contributed by atoms with Gasteiger partial charge in [-0.1, -0.05) is 18.2 Å². The third-order valence-corrected chi connectivity index (χ3v) is 3.68. The number of unbranched alkanes of at least 4 members (excludes halogenated alkanes) is 1. The first kappa shape index (κ1) is 14.6. The molecule has 0 atom stereocenters. The molecule has 1 aromatic carbocycles. The number of rotatable bonds is 8. The van der Waals surface area contributed by atoms with Crippen LogP contribution in [0.4, 0.5) is 0 Å². The van der Waals surface area contributed by atoms with E-state index in [2.05, 4.69) is 35.0 Å². The molecular formula is C16H18N2OS. The van der Waals surface area contributed by atoms with E-state index in [9.17, 15) is 0 Å². The summed E-state index contributed by atoms with van der Waals surface area (Å²) in [5, 5.41) is 14.0. The summed E-state index contributed by atoms with van der Waals surface area (Å²) in [5.41, 5.74) is 1.21. The van der Waals surface area contributed by atoms with E-state index in [1.807, 2.05) is 18.2 Å². The topological polar surface area (TPSA) is 45.0 Å². The lowest BCUT2D eigenvalue weighted by atomic mass is 10.2. The van der Waals surface area contributed by atoms with Crippen molar-refractivity contribution in [2.75, 3.05) is 6.61 Å². The molecule has 0 fully saturated rings. The highest BCUT2D eigenvalue weighted by Crippen LogP contribution is 2.14. The van der Waals surface area contributed by atoms with Crippen LogP contribution < -0.4 is 10.1 Å². The van der Waals surface area contributed by atoms with Gasteiger partial charge in [0.05, 0.1) is 12.7 Å². The fourth-order valence-electron chi connectivity index (χ4n) is 1.83. The third-order valence-electron chi connectivity index (χ3n) is 2.81. The molecule has 0 aliphatic carbocycles. The van der Waals surface area contributed by atoms with Gasteiger partial charge in [-0.05, 0) is 35.6 Å². The van der Waals surface area contributed by atoms with E-state index >= 15 is 0 Å². The summed E-state index contributed by atoms with van der Waals surface area (Å²) in [6.07, 6.45) is 1.32. The van der Waals surface area contributed by atoms with Crippen molar-refractivity contribution >= 4 is 11.3 Å². The van der Waals surface area contributed by atoms with Crippen molar-refractivity contribution in [2.45, 2.75) is 25.9 Å². The van der Waals surface area contributed by atoms with Crippen molar-refractivity contribution in [1.82, 2.24) is 5.32 Å². The Bertz CT molecular complexity index is 546. The maximum Gasteiger partial charge on any atom is 0.119 e. The van der Waals surface area contributed by atoms with Crippen LogP contribution in [0, 0.1) is 11.3 Å². The van der Waals surface area contributed by atoms with Gasteiger partial charge in [0, 0.05) is 24.4 Å². The molecule has 2 rings (SSSR count). The zero-order chi connectivity index (χ0) is 14.0. The Kier molecular flexibility index (Phi) is 6.09. The number of nitrogens with zero attached hydrogens (tertiary/aromatic N) is 1. The van der Waals surface area contributed by atoms with Gasteiger partial charge in [-0.15, -0.1) is 11.3 Å². The highest BCUT2D eigenvalue weighted by Gasteiger charge is 1.98. The number of benzene rings is 1. The Hall–Kier alpha value is -1.83. The van der Waals surface area contributed by atoms with Gasteiger partial charge in [-0.25, -0.2) is 0 Å². The van der Waals surface area contributed by atoms with E-state index < -0.39 is 0 Å². The molecule has 1 aromatic heterocycles. The van der Waals surface area contributed by atoms with Crippen LogP contribution in [0.3, 0.4) is 0 Å². The average molecular weight is 286 g/mol. The summed E-state index contributed by atoms with van der Waals surface area (Å²) in [6.45, 7) is 2.32. The minimum absolute atomic E-state index is 0.544. The van der Waals surface area contributed by atoms with Crippen molar-refractivity contribution in [3.05, 3.63) is 52.2 Å². The summed E-state index contributed by atoms with van der Waals surface area (Å²) in [5.74, 6) is 0.873. The minimum atomic E-state index is 0.544. The fourth-order valence-corrected chi connectivity index (χ4v) is 2.50. The molecule has 4 heteroatoms. The standard InChI is InChI=1S/C16H18N2OS/c17-8-1-2-9-19-15-6-3-5-14(11-15)12-18-13-16-7-4-10-20-16/h3-7,10-11,18H,1-2,9,12-13H2. The summed E-state index contributed by atoms with van der Waals surface area (Å²) < 4.78 is 5.62. The summed E-state index contributed by atoms with van der Waals surface area (Å²) in [7, 11) is 0. The van der Waals surface area contributed by atoms with Crippen LogP contribution in [0.1, 0.15) is 23.3 Å². The Morgan fingerprint density at radius 3 is 2.95 bits per heavy atom. The van der Waals surface area contributed by atoms with Crippen LogP contribution in [0.25, 0.3) is 0 Å². The molecule has 0 amide bonds. The van der Waals surface area contributed by atoms with Gasteiger partial charge < -0.3 is 10.1 Å². The van der Waals surface area contributed by atoms with Crippen molar-refractivity contribution in [1.29, 1.82) is 5.26 Å². The second-order valence-electron chi connectivity index (χ2n) is 4.44. The quantitative estimate of drug-likeness (QED) is 0.752. The molecule has 0 saturated carbocycles. The Morgan fingerprint density at radius 1 is 1.20 bits per heavy atom. The van der Waals surface area contributed by atoms with Crippen LogP contribution in [0.5, 0.6) is 5.75 Å². The second-order valence-corrected chi connectivity index (χ2v) is 5.47. The van der Waals surface area contributed by atoms with Gasteiger partial charge in [-0.3, -0.25) is 0 Å². The zero-order valence-electron chi connectivity index (χ0n) is 11.3. The molecule has 20 heavy (non-hydrogen) atoms. The first-order chi connectivity index (χ1) is 9.88. The molecule has 0 bridgehead atoms. The second kappa shape index (κ2) is 8.36. The number of nitrogens with one attached hydrogen (secondary N) is 1. The van der Waals surface area contributed by atoms with Crippen molar-refractivity contribution in [2.24, 2.45) is 0 Å². The van der Waals surface area contributed by atoms with Crippen LogP contribution in [0.2, 0.25) is 0 Å². The maximum absolute atomic E-state index is 8.47. The molecule has 0 unspecified atom stereocenters. The molecule has 0 radical (unpaired) electrons. The highest BCUT2D eigenvalue weighted by atomic mass is 32.1. The zero-order valence-corrected chi connectivity index (χ0v) is 12.2. The van der Waals surface area contributed by atoms with E-state index in [1.165, 1.54) is 10.4 Å². The van der Waals surface area contributed by atoms with Gasteiger partial charge in [0.2, 0.25) is 0 Å². The predicted molar refractivity (Wildman–Crippen MR) is 81.6 cm³/mol. The van der Waals surface area contributed by atoms with Gasteiger partial charge in [0.25, 0.3) is 0 Å². The minimum Gasteiger partial charge on any atom is -0.494 e. The first-order valence-electron chi connectivity index (χ1n) is 6.70. The lowest BCUT2D eigenvalue weighted by Crippen LogP contribution is -2.11. The van der Waals surface area contributed by atoms with E-state index in [0.29, 0.717) is 13.0 Å². The third kappa shape index (κ3) is 5.04. The van der Waals surface area contributed by atoms with Crippen molar-refractivity contribution in [3.63, 3.8) is 0 Å².